The summed E-state index contributed by atoms with van der Waals surface area (Å²) in [6.07, 6.45) is 6.47. The molecule has 3 heterocycles. The number of pyridine rings is 1. The van der Waals surface area contributed by atoms with E-state index in [2.05, 4.69) is 22.1 Å². The minimum Gasteiger partial charge on any atom is -0.355 e. The van der Waals surface area contributed by atoms with Gasteiger partial charge in [-0.25, -0.2) is 4.98 Å². The molecule has 1 aromatic carbocycles. The van der Waals surface area contributed by atoms with Crippen LogP contribution in [0.1, 0.15) is 43.0 Å². The Hall–Kier alpha value is -2.38. The van der Waals surface area contributed by atoms with E-state index in [4.69, 9.17) is 0 Å². The lowest BCUT2D eigenvalue weighted by Crippen LogP contribution is -2.42. The highest BCUT2D eigenvalue weighted by Crippen LogP contribution is 2.39. The van der Waals surface area contributed by atoms with Gasteiger partial charge in [-0.15, -0.1) is 0 Å². The van der Waals surface area contributed by atoms with Crippen molar-refractivity contribution in [2.24, 2.45) is 0 Å². The molecule has 0 radical (unpaired) electrons. The van der Waals surface area contributed by atoms with Gasteiger partial charge in [0.25, 0.3) is 5.91 Å². The van der Waals surface area contributed by atoms with Gasteiger partial charge in [0.15, 0.2) is 0 Å². The fourth-order valence-electron chi connectivity index (χ4n) is 4.11. The Bertz CT molecular complexity index is 920. The fourth-order valence-corrected chi connectivity index (χ4v) is 5.13. The molecule has 7 heteroatoms. The molecular weight excluding hydrogens is 396 g/mol. The lowest BCUT2D eigenvalue weighted by Gasteiger charge is -2.33. The molecule has 1 saturated heterocycles. The number of carbonyl (C=O) groups excluding carboxylic acids is 2. The fraction of sp³-hybridized carbons (Fsp3) is 0.435. The molecule has 6 nitrogen and oxygen atoms in total. The van der Waals surface area contributed by atoms with Gasteiger partial charge in [-0.2, -0.15) is 0 Å². The number of hydrogen-bond donors (Lipinski definition) is 1. The number of fused-ring (bicyclic) bond motifs is 2. The lowest BCUT2D eigenvalue weighted by atomic mass is 10.0. The number of amides is 2. The Kier molecular flexibility index (Phi) is 6.69. The molecule has 0 spiro atoms. The van der Waals surface area contributed by atoms with E-state index in [1.165, 1.54) is 31.0 Å². The average Bonchev–Trinajstić information content (AvgIpc) is 2.87. The maximum Gasteiger partial charge on any atom is 0.259 e. The maximum absolute atomic E-state index is 13.2. The van der Waals surface area contributed by atoms with Gasteiger partial charge in [0.1, 0.15) is 11.6 Å². The third-order valence-corrected chi connectivity index (χ3v) is 6.88. The normalized spacial score (nSPS) is 19.0. The highest BCUT2D eigenvalue weighted by molar-refractivity contribution is 7.99. The van der Waals surface area contributed by atoms with Gasteiger partial charge < -0.3 is 10.2 Å². The van der Waals surface area contributed by atoms with Crippen LogP contribution in [0.25, 0.3) is 0 Å². The van der Waals surface area contributed by atoms with Crippen molar-refractivity contribution in [2.45, 2.75) is 48.6 Å². The maximum atomic E-state index is 13.2. The number of nitrogens with one attached hydrogen (secondary N) is 1. The first-order valence-corrected chi connectivity index (χ1v) is 11.5. The molecule has 30 heavy (non-hydrogen) atoms. The highest BCUT2D eigenvalue weighted by Gasteiger charge is 2.29. The number of rotatable bonds is 6. The Balaban J connectivity index is 1.39. The molecule has 1 unspecified atom stereocenters. The summed E-state index contributed by atoms with van der Waals surface area (Å²) in [7, 11) is 0. The van der Waals surface area contributed by atoms with Crippen LogP contribution in [0, 0.1) is 0 Å². The van der Waals surface area contributed by atoms with E-state index in [0.717, 1.165) is 29.4 Å². The van der Waals surface area contributed by atoms with Gasteiger partial charge in [0, 0.05) is 30.2 Å². The molecule has 2 aliphatic heterocycles. The van der Waals surface area contributed by atoms with Gasteiger partial charge in [0.2, 0.25) is 5.91 Å². The van der Waals surface area contributed by atoms with Gasteiger partial charge >= 0.3 is 0 Å². The molecule has 0 saturated carbocycles. The molecule has 4 rings (SSSR count). The van der Waals surface area contributed by atoms with Crippen LogP contribution in [-0.4, -0.2) is 53.9 Å². The first kappa shape index (κ1) is 20.9. The second kappa shape index (κ2) is 9.62. The third kappa shape index (κ3) is 4.68. The summed E-state index contributed by atoms with van der Waals surface area (Å²) in [5.74, 6) is -0.309. The van der Waals surface area contributed by atoms with Crippen LogP contribution in [0.4, 0.5) is 5.69 Å². The first-order chi connectivity index (χ1) is 14.6. The summed E-state index contributed by atoms with van der Waals surface area (Å²) >= 11 is 1.46. The van der Waals surface area contributed by atoms with Crippen LogP contribution in [0.5, 0.6) is 0 Å². The van der Waals surface area contributed by atoms with Crippen molar-refractivity contribution < 1.29 is 9.59 Å². The minimum absolute atomic E-state index is 0.00740. The topological polar surface area (TPSA) is 65.5 Å². The van der Waals surface area contributed by atoms with E-state index >= 15 is 0 Å². The predicted molar refractivity (Wildman–Crippen MR) is 119 cm³/mol. The van der Waals surface area contributed by atoms with Crippen LogP contribution in [0.15, 0.2) is 52.5 Å². The number of aromatic nitrogens is 1. The van der Waals surface area contributed by atoms with E-state index in [9.17, 15) is 9.59 Å². The minimum atomic E-state index is -0.165. The summed E-state index contributed by atoms with van der Waals surface area (Å²) in [4.78, 5) is 35.2. The monoisotopic (exact) mass is 424 g/mol. The van der Waals surface area contributed by atoms with Crippen LogP contribution < -0.4 is 10.2 Å². The summed E-state index contributed by atoms with van der Waals surface area (Å²) in [6, 6.07) is 11.8. The van der Waals surface area contributed by atoms with E-state index in [1.54, 1.807) is 23.2 Å². The molecule has 1 N–H and O–H groups in total. The summed E-state index contributed by atoms with van der Waals surface area (Å²) < 4.78 is 0. The van der Waals surface area contributed by atoms with Crippen molar-refractivity contribution in [2.75, 3.05) is 31.1 Å². The van der Waals surface area contributed by atoms with Crippen molar-refractivity contribution in [3.05, 3.63) is 48.2 Å². The number of anilines is 1. The van der Waals surface area contributed by atoms with Crippen LogP contribution in [0.2, 0.25) is 0 Å². The number of hydrogen-bond acceptors (Lipinski definition) is 5. The van der Waals surface area contributed by atoms with E-state index < -0.39 is 0 Å². The number of benzene rings is 1. The number of nitrogens with zero attached hydrogens (tertiary/aromatic N) is 3. The molecule has 2 amide bonds. The Morgan fingerprint density at radius 1 is 1.23 bits per heavy atom. The molecule has 1 fully saturated rings. The van der Waals surface area contributed by atoms with Gasteiger partial charge in [-0.1, -0.05) is 30.3 Å². The number of carbonyl (C=O) groups is 2. The van der Waals surface area contributed by atoms with Crippen molar-refractivity contribution >= 4 is 29.3 Å². The van der Waals surface area contributed by atoms with Crippen molar-refractivity contribution in [1.29, 1.82) is 0 Å². The zero-order valence-electron chi connectivity index (χ0n) is 17.3. The average molecular weight is 425 g/mol. The number of piperidine rings is 1. The summed E-state index contributed by atoms with van der Waals surface area (Å²) in [5, 5.41) is 3.73. The Morgan fingerprint density at radius 3 is 2.97 bits per heavy atom. The van der Waals surface area contributed by atoms with Crippen molar-refractivity contribution in [1.82, 2.24) is 15.2 Å². The quantitative estimate of drug-likeness (QED) is 0.718. The molecule has 2 aliphatic rings. The molecule has 1 atom stereocenters. The van der Waals surface area contributed by atoms with E-state index in [1.807, 2.05) is 24.3 Å². The third-order valence-electron chi connectivity index (χ3n) is 5.80. The van der Waals surface area contributed by atoms with E-state index in [0.29, 0.717) is 23.8 Å². The van der Waals surface area contributed by atoms with Crippen LogP contribution in [0.3, 0.4) is 0 Å². The Labute approximate surface area is 182 Å². The molecule has 0 aliphatic carbocycles. The van der Waals surface area contributed by atoms with Gasteiger partial charge in [0.05, 0.1) is 11.3 Å². The van der Waals surface area contributed by atoms with Gasteiger partial charge in [-0.3, -0.25) is 14.5 Å². The SMILES string of the molecule is CC1CCCCN1CCCNC(=O)CN1C(=O)c2ccccc2Sc2ncccc21. The lowest BCUT2D eigenvalue weighted by molar-refractivity contribution is -0.119. The van der Waals surface area contributed by atoms with Crippen LogP contribution >= 0.6 is 11.8 Å². The second-order valence-electron chi connectivity index (χ2n) is 7.90. The molecule has 158 valence electrons. The van der Waals surface area contributed by atoms with Gasteiger partial charge in [-0.05, 0) is 57.0 Å². The number of likely N-dealkylation sites (tertiary alicyclic amines) is 1. The molecule has 2 aromatic rings. The standard InChI is InChI=1S/C23H28N4O2S/c1-17-8-4-5-14-26(17)15-7-13-24-21(28)16-27-19-10-6-12-25-22(19)30-20-11-3-2-9-18(20)23(27)29/h2-3,6,9-12,17H,4-5,7-8,13-16H2,1H3,(H,24,28). The molecule has 1 aromatic heterocycles. The zero-order chi connectivity index (χ0) is 20.9. The van der Waals surface area contributed by atoms with E-state index in [-0.39, 0.29) is 18.4 Å². The second-order valence-corrected chi connectivity index (χ2v) is 8.93. The molecular formula is C23H28N4O2S. The first-order valence-electron chi connectivity index (χ1n) is 10.7. The summed E-state index contributed by atoms with van der Waals surface area (Å²) in [5.41, 5.74) is 1.29. The zero-order valence-corrected chi connectivity index (χ0v) is 18.2. The predicted octanol–water partition coefficient (Wildman–Crippen LogP) is 3.57. The van der Waals surface area contributed by atoms with Crippen molar-refractivity contribution in [3.63, 3.8) is 0 Å². The smallest absolute Gasteiger partial charge is 0.259 e. The van der Waals surface area contributed by atoms with Crippen molar-refractivity contribution in [3.8, 4) is 0 Å². The highest BCUT2D eigenvalue weighted by atomic mass is 32.2. The Morgan fingerprint density at radius 2 is 2.10 bits per heavy atom. The van der Waals surface area contributed by atoms with Crippen LogP contribution in [-0.2, 0) is 4.79 Å². The largest absolute Gasteiger partial charge is 0.355 e. The summed E-state index contributed by atoms with van der Waals surface area (Å²) in [6.45, 7) is 5.05. The molecule has 0 bridgehead atoms.